The zero-order valence-electron chi connectivity index (χ0n) is 23.1. The second kappa shape index (κ2) is 13.7. The van der Waals surface area contributed by atoms with E-state index in [0.717, 1.165) is 42.5 Å². The summed E-state index contributed by atoms with van der Waals surface area (Å²) in [6.45, 7) is 3.58. The molecule has 11 heteroatoms. The molecule has 1 heterocycles. The van der Waals surface area contributed by atoms with E-state index in [2.05, 4.69) is 15.8 Å². The molecule has 1 aliphatic rings. The zero-order valence-corrected chi connectivity index (χ0v) is 23.9. The van der Waals surface area contributed by atoms with E-state index in [-0.39, 0.29) is 6.61 Å². The van der Waals surface area contributed by atoms with Crippen LogP contribution in [0.2, 0.25) is 0 Å². The number of carbonyl (C=O) groups excluding carboxylic acids is 4. The fourth-order valence-electron chi connectivity index (χ4n) is 4.32. The number of hydrazone groups is 1. The third kappa shape index (κ3) is 7.37. The van der Waals surface area contributed by atoms with Gasteiger partial charge in [0.25, 0.3) is 0 Å². The molecular weight excluding hydrogens is 546 g/mol. The van der Waals surface area contributed by atoms with Crippen LogP contribution in [-0.2, 0) is 27.2 Å². The van der Waals surface area contributed by atoms with Gasteiger partial charge in [-0.25, -0.2) is 15.0 Å². The summed E-state index contributed by atoms with van der Waals surface area (Å²) in [7, 11) is 1.54. The summed E-state index contributed by atoms with van der Waals surface area (Å²) in [6, 6.07) is 13.1. The van der Waals surface area contributed by atoms with Crippen LogP contribution < -0.4 is 20.2 Å². The molecule has 4 rings (SSSR count). The normalized spacial score (nSPS) is 12.9. The molecule has 3 aromatic rings. The molecule has 0 saturated carbocycles. The van der Waals surface area contributed by atoms with Gasteiger partial charge in [0.1, 0.15) is 16.5 Å². The van der Waals surface area contributed by atoms with Crippen molar-refractivity contribution in [3.63, 3.8) is 0 Å². The first kappa shape index (κ1) is 29.5. The van der Waals surface area contributed by atoms with Crippen molar-refractivity contribution in [1.82, 2.24) is 5.43 Å². The number of amides is 2. The van der Waals surface area contributed by atoms with E-state index in [0.29, 0.717) is 38.9 Å². The number of anilines is 1. The van der Waals surface area contributed by atoms with Gasteiger partial charge in [0.15, 0.2) is 0 Å². The Bertz CT molecular complexity index is 1460. The van der Waals surface area contributed by atoms with Gasteiger partial charge in [-0.2, -0.15) is 5.10 Å². The van der Waals surface area contributed by atoms with Gasteiger partial charge in [-0.05, 0) is 99.2 Å². The number of hydrogen-bond donors (Lipinski definition) is 2. The van der Waals surface area contributed by atoms with Gasteiger partial charge in [-0.1, -0.05) is 6.42 Å². The maximum Gasteiger partial charge on any atom is 0.343 e. The molecular formula is C30H31N3O7S. The molecule has 0 spiro atoms. The number of nitrogens with one attached hydrogen (secondary N) is 2. The summed E-state index contributed by atoms with van der Waals surface area (Å²) in [4.78, 5) is 51.3. The minimum Gasteiger partial charge on any atom is -0.497 e. The Hall–Kier alpha value is -4.51. The highest BCUT2D eigenvalue weighted by molar-refractivity contribution is 7.17. The number of methoxy groups -OCH3 is 1. The molecule has 41 heavy (non-hydrogen) atoms. The molecule has 0 radical (unpaired) electrons. The molecule has 10 nitrogen and oxygen atoms in total. The van der Waals surface area contributed by atoms with Crippen molar-refractivity contribution in [2.75, 3.05) is 19.0 Å². The molecule has 0 bridgehead atoms. The topological polar surface area (TPSA) is 132 Å². The van der Waals surface area contributed by atoms with Crippen molar-refractivity contribution in [2.24, 2.45) is 5.10 Å². The second-order valence-electron chi connectivity index (χ2n) is 9.22. The molecule has 2 amide bonds. The summed E-state index contributed by atoms with van der Waals surface area (Å²) in [5.41, 5.74) is 4.93. The Morgan fingerprint density at radius 1 is 0.854 bits per heavy atom. The quantitative estimate of drug-likeness (QED) is 0.0972. The highest BCUT2D eigenvalue weighted by Gasteiger charge is 2.28. The van der Waals surface area contributed by atoms with Gasteiger partial charge in [-0.15, -0.1) is 11.3 Å². The van der Waals surface area contributed by atoms with Crippen molar-refractivity contribution in [3.8, 4) is 11.5 Å². The monoisotopic (exact) mass is 577 g/mol. The molecule has 1 aliphatic carbocycles. The number of ether oxygens (including phenoxy) is 3. The first-order valence-electron chi connectivity index (χ1n) is 13.2. The number of aryl methyl sites for hydroxylation is 1. The zero-order chi connectivity index (χ0) is 29.4. The molecule has 0 saturated heterocycles. The van der Waals surface area contributed by atoms with Crippen LogP contribution in [0.4, 0.5) is 5.00 Å². The lowest BCUT2D eigenvalue weighted by atomic mass is 10.1. The maximum absolute atomic E-state index is 12.7. The van der Waals surface area contributed by atoms with Crippen LogP contribution in [0.15, 0.2) is 53.6 Å². The van der Waals surface area contributed by atoms with E-state index in [1.54, 1.807) is 69.5 Å². The third-order valence-electron chi connectivity index (χ3n) is 6.47. The van der Waals surface area contributed by atoms with Gasteiger partial charge in [0.05, 0.1) is 30.6 Å². The number of carbonyl (C=O) groups is 4. The molecule has 214 valence electrons. The highest BCUT2D eigenvalue weighted by atomic mass is 32.1. The molecule has 1 aromatic heterocycles. The Labute approximate surface area is 241 Å². The van der Waals surface area contributed by atoms with Crippen molar-refractivity contribution >= 4 is 45.8 Å². The lowest BCUT2D eigenvalue weighted by Gasteiger charge is -2.08. The molecule has 2 aromatic carbocycles. The molecule has 0 aliphatic heterocycles. The van der Waals surface area contributed by atoms with E-state index < -0.39 is 23.8 Å². The third-order valence-corrected chi connectivity index (χ3v) is 7.67. The number of esters is 2. The number of thiophene rings is 1. The van der Waals surface area contributed by atoms with Gasteiger partial charge < -0.3 is 19.5 Å². The van der Waals surface area contributed by atoms with Crippen molar-refractivity contribution in [2.45, 2.75) is 46.0 Å². The Morgan fingerprint density at radius 3 is 2.20 bits per heavy atom. The minimum absolute atomic E-state index is 0.206. The van der Waals surface area contributed by atoms with E-state index in [9.17, 15) is 19.2 Å². The average Bonchev–Trinajstić information content (AvgIpc) is 3.15. The summed E-state index contributed by atoms with van der Waals surface area (Å²) in [5, 5.41) is 6.92. The van der Waals surface area contributed by atoms with Crippen LogP contribution in [0, 0.1) is 0 Å². The summed E-state index contributed by atoms with van der Waals surface area (Å²) < 4.78 is 15.7. The van der Waals surface area contributed by atoms with Crippen molar-refractivity contribution < 1.29 is 33.4 Å². The van der Waals surface area contributed by atoms with Gasteiger partial charge in [0, 0.05) is 4.88 Å². The lowest BCUT2D eigenvalue weighted by Crippen LogP contribution is -2.33. The second-order valence-corrected chi connectivity index (χ2v) is 10.3. The van der Waals surface area contributed by atoms with E-state index >= 15 is 0 Å². The number of hydrogen-bond acceptors (Lipinski definition) is 9. The van der Waals surface area contributed by atoms with Crippen LogP contribution in [0.25, 0.3) is 0 Å². The number of benzene rings is 2. The molecule has 0 unspecified atom stereocenters. The fraction of sp³-hybridized carbons (Fsp3) is 0.300. The van der Waals surface area contributed by atoms with Crippen molar-refractivity contribution in [3.05, 3.63) is 75.7 Å². The van der Waals surface area contributed by atoms with Gasteiger partial charge in [-0.3, -0.25) is 9.59 Å². The van der Waals surface area contributed by atoms with Crippen molar-refractivity contribution in [1.29, 1.82) is 0 Å². The smallest absolute Gasteiger partial charge is 0.343 e. The fourth-order valence-corrected chi connectivity index (χ4v) is 5.59. The molecule has 0 atom stereocenters. The standard InChI is InChI=1S/C30H31N3O7S/c1-4-39-30(37)25-23-8-6-5-7-9-24(23)41-28(25)31-26(34)27(35)33-32-18(2)19-10-16-22(17-11-19)40-29(36)20-12-14-21(38-3)15-13-20/h10-17H,4-9H2,1-3H3,(H,31,34)(H,33,35)/b32-18+. The predicted molar refractivity (Wildman–Crippen MR) is 155 cm³/mol. The van der Waals surface area contributed by atoms with Crippen LogP contribution in [0.1, 0.15) is 69.8 Å². The maximum atomic E-state index is 12.7. The van der Waals surface area contributed by atoms with Crippen LogP contribution >= 0.6 is 11.3 Å². The Kier molecular flexibility index (Phi) is 9.86. The first-order chi connectivity index (χ1) is 19.8. The van der Waals surface area contributed by atoms with E-state index in [1.807, 2.05) is 0 Å². The van der Waals surface area contributed by atoms with Gasteiger partial charge in [0.2, 0.25) is 0 Å². The number of nitrogens with zero attached hydrogens (tertiary/aromatic N) is 1. The highest BCUT2D eigenvalue weighted by Crippen LogP contribution is 2.38. The SMILES string of the molecule is CCOC(=O)c1c(NC(=O)C(=O)N/N=C(\C)c2ccc(OC(=O)c3ccc(OC)cc3)cc2)sc2c1CCCCC2. The number of rotatable bonds is 8. The first-order valence-corrected chi connectivity index (χ1v) is 14.1. The summed E-state index contributed by atoms with van der Waals surface area (Å²) >= 11 is 1.31. The minimum atomic E-state index is -0.979. The Morgan fingerprint density at radius 2 is 1.51 bits per heavy atom. The summed E-state index contributed by atoms with van der Waals surface area (Å²) in [6.07, 6.45) is 4.57. The summed E-state index contributed by atoms with van der Waals surface area (Å²) in [5.74, 6) is -1.98. The van der Waals surface area contributed by atoms with E-state index in [1.165, 1.54) is 11.3 Å². The largest absolute Gasteiger partial charge is 0.497 e. The van der Waals surface area contributed by atoms with Gasteiger partial charge >= 0.3 is 23.8 Å². The number of fused-ring (bicyclic) bond motifs is 1. The lowest BCUT2D eigenvalue weighted by molar-refractivity contribution is -0.136. The molecule has 0 fully saturated rings. The van der Waals surface area contributed by atoms with Crippen LogP contribution in [-0.4, -0.2) is 43.2 Å². The van der Waals surface area contributed by atoms with Crippen LogP contribution in [0.5, 0.6) is 11.5 Å². The van der Waals surface area contributed by atoms with Crippen LogP contribution in [0.3, 0.4) is 0 Å². The Balaban J connectivity index is 1.37. The average molecular weight is 578 g/mol. The van der Waals surface area contributed by atoms with E-state index in [4.69, 9.17) is 14.2 Å². The molecule has 2 N–H and O–H groups in total. The predicted octanol–water partition coefficient (Wildman–Crippen LogP) is 4.90.